The molecule has 19 heavy (non-hydrogen) atoms. The normalized spacial score (nSPS) is 32.8. The van der Waals surface area contributed by atoms with Crippen molar-refractivity contribution in [2.24, 2.45) is 10.9 Å². The van der Waals surface area contributed by atoms with E-state index in [1.54, 1.807) is 0 Å². The van der Waals surface area contributed by atoms with Crippen LogP contribution in [0.4, 0.5) is 0 Å². The maximum atomic E-state index is 4.36. The van der Waals surface area contributed by atoms with Gasteiger partial charge in [0.2, 0.25) is 0 Å². The van der Waals surface area contributed by atoms with Crippen molar-refractivity contribution < 1.29 is 0 Å². The van der Waals surface area contributed by atoms with Gasteiger partial charge < -0.3 is 15.5 Å². The Morgan fingerprint density at radius 2 is 2.21 bits per heavy atom. The molecular weight excluding hydrogens is 256 g/mol. The van der Waals surface area contributed by atoms with Gasteiger partial charge in [-0.3, -0.25) is 4.99 Å². The summed E-state index contributed by atoms with van der Waals surface area (Å²) in [5.74, 6) is 1.76. The molecule has 2 aliphatic rings. The molecule has 5 heteroatoms. The summed E-state index contributed by atoms with van der Waals surface area (Å²) in [7, 11) is 4.07. The van der Waals surface area contributed by atoms with Gasteiger partial charge in [0.15, 0.2) is 5.96 Å². The zero-order valence-electron chi connectivity index (χ0n) is 12.5. The smallest absolute Gasteiger partial charge is 0.191 e. The van der Waals surface area contributed by atoms with Crippen LogP contribution in [0.5, 0.6) is 0 Å². The van der Waals surface area contributed by atoms with Crippen molar-refractivity contribution in [3.63, 3.8) is 0 Å². The van der Waals surface area contributed by atoms with E-state index in [0.717, 1.165) is 23.7 Å². The molecule has 0 bridgehead atoms. The molecule has 1 heterocycles. The molecule has 2 rings (SSSR count). The van der Waals surface area contributed by atoms with Crippen molar-refractivity contribution in [3.8, 4) is 0 Å². The third-order valence-electron chi connectivity index (χ3n) is 4.33. The van der Waals surface area contributed by atoms with Gasteiger partial charge in [0.05, 0.1) is 0 Å². The van der Waals surface area contributed by atoms with Crippen LogP contribution in [0.1, 0.15) is 25.7 Å². The molecule has 1 saturated carbocycles. The Morgan fingerprint density at radius 1 is 1.37 bits per heavy atom. The highest BCUT2D eigenvalue weighted by Crippen LogP contribution is 2.28. The Hall–Kier alpha value is -0.420. The Balaban J connectivity index is 1.69. The number of rotatable bonds is 4. The van der Waals surface area contributed by atoms with Crippen LogP contribution in [0.2, 0.25) is 0 Å². The van der Waals surface area contributed by atoms with E-state index in [0.29, 0.717) is 6.04 Å². The molecule has 3 atom stereocenters. The molecule has 2 fully saturated rings. The molecule has 4 nitrogen and oxygen atoms in total. The minimum absolute atomic E-state index is 0.606. The first-order valence-electron chi connectivity index (χ1n) is 7.39. The predicted molar refractivity (Wildman–Crippen MR) is 85.0 cm³/mol. The minimum Gasteiger partial charge on any atom is -0.356 e. The lowest BCUT2D eigenvalue weighted by Gasteiger charge is -2.19. The third-order valence-corrected chi connectivity index (χ3v) is 5.42. The van der Waals surface area contributed by atoms with Crippen LogP contribution < -0.4 is 10.6 Å². The number of aliphatic imine (C=N–C) groups is 1. The fourth-order valence-electron chi connectivity index (χ4n) is 3.11. The largest absolute Gasteiger partial charge is 0.356 e. The number of hydrogen-bond donors (Lipinski definition) is 2. The number of thioether (sulfide) groups is 1. The number of nitrogens with zero attached hydrogens (tertiary/aromatic N) is 2. The van der Waals surface area contributed by atoms with Crippen LogP contribution in [0.3, 0.4) is 0 Å². The van der Waals surface area contributed by atoms with E-state index in [4.69, 9.17) is 0 Å². The van der Waals surface area contributed by atoms with Gasteiger partial charge in [0, 0.05) is 31.4 Å². The lowest BCUT2D eigenvalue weighted by atomic mass is 10.1. The van der Waals surface area contributed by atoms with Crippen molar-refractivity contribution in [1.29, 1.82) is 0 Å². The summed E-state index contributed by atoms with van der Waals surface area (Å²) in [6, 6.07) is 0.606. The van der Waals surface area contributed by atoms with Gasteiger partial charge in [-0.15, -0.1) is 0 Å². The second kappa shape index (κ2) is 7.39. The van der Waals surface area contributed by atoms with Crippen molar-refractivity contribution in [1.82, 2.24) is 15.5 Å². The second-order valence-electron chi connectivity index (χ2n) is 5.88. The van der Waals surface area contributed by atoms with Crippen molar-refractivity contribution in [2.45, 2.75) is 37.0 Å². The van der Waals surface area contributed by atoms with E-state index in [1.807, 2.05) is 18.8 Å². The van der Waals surface area contributed by atoms with Crippen LogP contribution >= 0.6 is 11.8 Å². The van der Waals surface area contributed by atoms with Crippen LogP contribution in [-0.2, 0) is 0 Å². The lowest BCUT2D eigenvalue weighted by molar-refractivity contribution is 0.393. The van der Waals surface area contributed by atoms with Crippen LogP contribution in [-0.4, -0.2) is 62.1 Å². The highest BCUT2D eigenvalue weighted by atomic mass is 32.2. The molecule has 0 spiro atoms. The summed E-state index contributed by atoms with van der Waals surface area (Å²) in [5.41, 5.74) is 0. The molecule has 0 amide bonds. The average Bonchev–Trinajstić information content (AvgIpc) is 3.03. The summed E-state index contributed by atoms with van der Waals surface area (Å²) in [6.45, 7) is 3.49. The maximum absolute atomic E-state index is 4.36. The van der Waals surface area contributed by atoms with Crippen molar-refractivity contribution >= 4 is 17.7 Å². The monoisotopic (exact) mass is 284 g/mol. The van der Waals surface area contributed by atoms with Crippen LogP contribution in [0.15, 0.2) is 4.99 Å². The van der Waals surface area contributed by atoms with Crippen molar-refractivity contribution in [2.75, 3.05) is 40.0 Å². The molecule has 0 aromatic rings. The first-order chi connectivity index (χ1) is 9.21. The number of hydrogen-bond acceptors (Lipinski definition) is 3. The molecular formula is C14H28N4S. The average molecular weight is 284 g/mol. The molecule has 1 saturated heterocycles. The van der Waals surface area contributed by atoms with E-state index in [-0.39, 0.29) is 0 Å². The topological polar surface area (TPSA) is 39.7 Å². The first-order valence-corrected chi connectivity index (χ1v) is 8.68. The van der Waals surface area contributed by atoms with E-state index < -0.39 is 0 Å². The van der Waals surface area contributed by atoms with E-state index in [9.17, 15) is 0 Å². The lowest BCUT2D eigenvalue weighted by Crippen LogP contribution is -2.44. The Labute approximate surface area is 121 Å². The zero-order chi connectivity index (χ0) is 13.7. The highest BCUT2D eigenvalue weighted by molar-refractivity contribution is 7.99. The summed E-state index contributed by atoms with van der Waals surface area (Å²) < 4.78 is 0. The number of nitrogens with one attached hydrogen (secondary N) is 2. The highest BCUT2D eigenvalue weighted by Gasteiger charge is 2.25. The fraction of sp³-hybridized carbons (Fsp3) is 0.929. The summed E-state index contributed by atoms with van der Waals surface area (Å²) in [6.07, 6.45) is 7.41. The van der Waals surface area contributed by atoms with E-state index in [2.05, 4.69) is 33.8 Å². The number of likely N-dealkylation sites (tertiary alicyclic amines) is 1. The van der Waals surface area contributed by atoms with E-state index in [1.165, 1.54) is 38.8 Å². The van der Waals surface area contributed by atoms with Gasteiger partial charge in [-0.05, 0) is 51.4 Å². The summed E-state index contributed by atoms with van der Waals surface area (Å²) in [4.78, 5) is 6.76. The summed E-state index contributed by atoms with van der Waals surface area (Å²) in [5, 5.41) is 7.91. The van der Waals surface area contributed by atoms with E-state index >= 15 is 0 Å². The Bertz CT molecular complexity index is 308. The van der Waals surface area contributed by atoms with Gasteiger partial charge in [0.25, 0.3) is 0 Å². The maximum Gasteiger partial charge on any atom is 0.191 e. The SMILES string of the molecule is CN=C(NCC1CCN(C)C1)NC1CCC(SC)C1. The van der Waals surface area contributed by atoms with Gasteiger partial charge >= 0.3 is 0 Å². The Morgan fingerprint density at radius 3 is 2.79 bits per heavy atom. The molecule has 3 unspecified atom stereocenters. The minimum atomic E-state index is 0.606. The molecule has 0 radical (unpaired) electrons. The number of guanidine groups is 1. The molecule has 1 aliphatic carbocycles. The molecule has 2 N–H and O–H groups in total. The van der Waals surface area contributed by atoms with Gasteiger partial charge in [-0.2, -0.15) is 11.8 Å². The molecule has 0 aromatic heterocycles. The predicted octanol–water partition coefficient (Wildman–Crippen LogP) is 1.39. The second-order valence-corrected chi connectivity index (χ2v) is 7.02. The van der Waals surface area contributed by atoms with Crippen LogP contribution in [0.25, 0.3) is 0 Å². The zero-order valence-corrected chi connectivity index (χ0v) is 13.3. The standard InChI is InChI=1S/C14H28N4S/c1-15-14(16-9-11-6-7-18(2)10-11)17-12-4-5-13(8-12)19-3/h11-13H,4-10H2,1-3H3,(H2,15,16,17). The van der Waals surface area contributed by atoms with Gasteiger partial charge in [-0.1, -0.05) is 0 Å². The first kappa shape index (κ1) is 15.0. The molecule has 110 valence electrons. The van der Waals surface area contributed by atoms with Crippen LogP contribution in [0, 0.1) is 5.92 Å². The van der Waals surface area contributed by atoms with Gasteiger partial charge in [-0.25, -0.2) is 0 Å². The molecule has 0 aromatic carbocycles. The summed E-state index contributed by atoms with van der Waals surface area (Å²) >= 11 is 2.00. The quantitative estimate of drug-likeness (QED) is 0.604. The fourth-order valence-corrected chi connectivity index (χ4v) is 3.90. The van der Waals surface area contributed by atoms with Gasteiger partial charge in [0.1, 0.15) is 0 Å². The van der Waals surface area contributed by atoms with Crippen molar-refractivity contribution in [3.05, 3.63) is 0 Å². The third kappa shape index (κ3) is 4.56. The molecule has 1 aliphatic heterocycles. The Kier molecular flexibility index (Phi) is 5.82.